The molecule has 0 fully saturated rings. The highest BCUT2D eigenvalue weighted by Gasteiger charge is 2.25. The van der Waals surface area contributed by atoms with Gasteiger partial charge in [0.15, 0.2) is 5.82 Å². The first-order valence-corrected chi connectivity index (χ1v) is 8.70. The van der Waals surface area contributed by atoms with E-state index in [9.17, 15) is 8.42 Å². The molecule has 114 valence electrons. The summed E-state index contributed by atoms with van der Waals surface area (Å²) in [6, 6.07) is 7.49. The average molecular weight is 329 g/mol. The SMILES string of the molecule is CC(C)n1c(-c2cccc(N(C)C)c2)nnc1S(=O)(=O)Cl. The highest BCUT2D eigenvalue weighted by Crippen LogP contribution is 2.28. The van der Waals surface area contributed by atoms with Crippen LogP contribution in [0.3, 0.4) is 0 Å². The van der Waals surface area contributed by atoms with E-state index in [1.165, 1.54) is 4.57 Å². The van der Waals surface area contributed by atoms with Gasteiger partial charge in [-0.25, -0.2) is 8.42 Å². The molecule has 21 heavy (non-hydrogen) atoms. The van der Waals surface area contributed by atoms with Gasteiger partial charge >= 0.3 is 0 Å². The van der Waals surface area contributed by atoms with E-state index < -0.39 is 9.05 Å². The zero-order chi connectivity index (χ0) is 15.8. The predicted octanol–water partition coefficient (Wildman–Crippen LogP) is 2.52. The van der Waals surface area contributed by atoms with Gasteiger partial charge in [-0.05, 0) is 26.0 Å². The number of anilines is 1. The van der Waals surface area contributed by atoms with E-state index in [1.54, 1.807) is 0 Å². The van der Waals surface area contributed by atoms with Crippen molar-refractivity contribution in [3.05, 3.63) is 24.3 Å². The first-order chi connectivity index (χ1) is 9.71. The standard InChI is InChI=1S/C13H17ClN4O2S/c1-9(2)18-12(15-16-13(18)21(14,19)20)10-6-5-7-11(8-10)17(3)4/h5-9H,1-4H3. The third-order valence-corrected chi connectivity index (χ3v) is 4.15. The van der Waals surface area contributed by atoms with Gasteiger partial charge in [-0.15, -0.1) is 10.2 Å². The maximum atomic E-state index is 11.6. The molecule has 0 aliphatic rings. The molecule has 0 N–H and O–H groups in total. The Labute approximate surface area is 128 Å². The minimum absolute atomic E-state index is 0.137. The molecule has 0 aliphatic carbocycles. The van der Waals surface area contributed by atoms with Crippen LogP contribution in [0.4, 0.5) is 5.69 Å². The molecular weight excluding hydrogens is 312 g/mol. The van der Waals surface area contributed by atoms with E-state index in [4.69, 9.17) is 10.7 Å². The summed E-state index contributed by atoms with van der Waals surface area (Å²) in [6.45, 7) is 3.71. The van der Waals surface area contributed by atoms with Crippen molar-refractivity contribution >= 4 is 25.4 Å². The molecule has 1 aromatic carbocycles. The number of aromatic nitrogens is 3. The fourth-order valence-corrected chi connectivity index (χ4v) is 3.01. The van der Waals surface area contributed by atoms with E-state index in [-0.39, 0.29) is 11.2 Å². The minimum Gasteiger partial charge on any atom is -0.378 e. The van der Waals surface area contributed by atoms with Crippen LogP contribution in [-0.4, -0.2) is 37.3 Å². The third kappa shape index (κ3) is 3.19. The predicted molar refractivity (Wildman–Crippen MR) is 83.2 cm³/mol. The second-order valence-electron chi connectivity index (χ2n) is 5.15. The summed E-state index contributed by atoms with van der Waals surface area (Å²) in [5, 5.41) is 7.51. The summed E-state index contributed by atoms with van der Waals surface area (Å²) in [4.78, 5) is 1.96. The molecule has 0 aliphatic heterocycles. The van der Waals surface area contributed by atoms with Gasteiger partial charge in [0, 0.05) is 42.1 Å². The quantitative estimate of drug-likeness (QED) is 0.807. The lowest BCUT2D eigenvalue weighted by atomic mass is 10.1. The monoisotopic (exact) mass is 328 g/mol. The van der Waals surface area contributed by atoms with Crippen LogP contribution in [0.25, 0.3) is 11.4 Å². The Morgan fingerprint density at radius 3 is 2.43 bits per heavy atom. The van der Waals surface area contributed by atoms with Crippen molar-refractivity contribution in [2.24, 2.45) is 0 Å². The van der Waals surface area contributed by atoms with Crippen LogP contribution in [0.15, 0.2) is 29.4 Å². The van der Waals surface area contributed by atoms with Crippen molar-refractivity contribution < 1.29 is 8.42 Å². The number of rotatable bonds is 4. The topological polar surface area (TPSA) is 68.1 Å². The number of nitrogens with zero attached hydrogens (tertiary/aromatic N) is 4. The Morgan fingerprint density at radius 2 is 1.90 bits per heavy atom. The summed E-state index contributed by atoms with van der Waals surface area (Å²) in [5.74, 6) is 0.480. The molecule has 0 unspecified atom stereocenters. The van der Waals surface area contributed by atoms with Crippen LogP contribution in [0.1, 0.15) is 19.9 Å². The van der Waals surface area contributed by atoms with Gasteiger partial charge < -0.3 is 4.90 Å². The van der Waals surface area contributed by atoms with Gasteiger partial charge in [0.05, 0.1) is 0 Å². The highest BCUT2D eigenvalue weighted by atomic mass is 35.7. The second kappa shape index (κ2) is 5.65. The van der Waals surface area contributed by atoms with Gasteiger partial charge in [0.1, 0.15) is 0 Å². The second-order valence-corrected chi connectivity index (χ2v) is 7.61. The van der Waals surface area contributed by atoms with E-state index in [2.05, 4.69) is 10.2 Å². The van der Waals surface area contributed by atoms with Gasteiger partial charge in [0.2, 0.25) is 0 Å². The molecule has 0 radical (unpaired) electrons. The summed E-state index contributed by atoms with van der Waals surface area (Å²) in [6.07, 6.45) is 0. The van der Waals surface area contributed by atoms with Crippen LogP contribution in [0.2, 0.25) is 0 Å². The molecular formula is C13H17ClN4O2S. The number of hydrogen-bond acceptors (Lipinski definition) is 5. The van der Waals surface area contributed by atoms with Crippen LogP contribution in [0.5, 0.6) is 0 Å². The van der Waals surface area contributed by atoms with Gasteiger partial charge in [0.25, 0.3) is 14.2 Å². The molecule has 0 saturated carbocycles. The Balaban J connectivity index is 2.65. The number of hydrogen-bond donors (Lipinski definition) is 0. The van der Waals surface area contributed by atoms with E-state index >= 15 is 0 Å². The molecule has 0 spiro atoms. The lowest BCUT2D eigenvalue weighted by Gasteiger charge is -2.15. The highest BCUT2D eigenvalue weighted by molar-refractivity contribution is 8.13. The average Bonchev–Trinajstić information content (AvgIpc) is 2.83. The molecule has 1 heterocycles. The summed E-state index contributed by atoms with van der Waals surface area (Å²) >= 11 is 0. The first kappa shape index (κ1) is 15.8. The Kier molecular flexibility index (Phi) is 4.25. The maximum absolute atomic E-state index is 11.6. The fourth-order valence-electron chi connectivity index (χ4n) is 2.03. The largest absolute Gasteiger partial charge is 0.378 e. The Bertz CT molecular complexity index is 753. The smallest absolute Gasteiger partial charge is 0.296 e. The van der Waals surface area contributed by atoms with Crippen molar-refractivity contribution in [3.63, 3.8) is 0 Å². The molecule has 6 nitrogen and oxygen atoms in total. The maximum Gasteiger partial charge on any atom is 0.296 e. The molecule has 1 aromatic heterocycles. The lowest BCUT2D eigenvalue weighted by Crippen LogP contribution is -2.11. The number of benzene rings is 1. The molecule has 2 aromatic rings. The molecule has 8 heteroatoms. The Hall–Kier alpha value is -1.60. The van der Waals surface area contributed by atoms with Gasteiger partial charge in [-0.2, -0.15) is 0 Å². The number of halogens is 1. The van der Waals surface area contributed by atoms with E-state index in [0.29, 0.717) is 5.82 Å². The zero-order valence-electron chi connectivity index (χ0n) is 12.3. The summed E-state index contributed by atoms with van der Waals surface area (Å²) < 4.78 is 24.7. The summed E-state index contributed by atoms with van der Waals surface area (Å²) in [7, 11) is 5.35. The van der Waals surface area contributed by atoms with Crippen molar-refractivity contribution in [2.75, 3.05) is 19.0 Å². The van der Waals surface area contributed by atoms with Crippen molar-refractivity contribution in [1.29, 1.82) is 0 Å². The lowest BCUT2D eigenvalue weighted by molar-refractivity contribution is 0.530. The van der Waals surface area contributed by atoms with Crippen LogP contribution < -0.4 is 4.90 Å². The van der Waals surface area contributed by atoms with Crippen LogP contribution in [-0.2, 0) is 9.05 Å². The normalized spacial score (nSPS) is 11.9. The fraction of sp³-hybridized carbons (Fsp3) is 0.385. The molecule has 0 saturated heterocycles. The zero-order valence-corrected chi connectivity index (χ0v) is 13.9. The minimum atomic E-state index is -3.94. The van der Waals surface area contributed by atoms with Crippen LogP contribution in [0, 0.1) is 0 Å². The molecule has 0 atom stereocenters. The van der Waals surface area contributed by atoms with Gasteiger partial charge in [-0.1, -0.05) is 12.1 Å². The van der Waals surface area contributed by atoms with Gasteiger partial charge in [-0.3, -0.25) is 4.57 Å². The van der Waals surface area contributed by atoms with E-state index in [1.807, 2.05) is 57.1 Å². The first-order valence-electron chi connectivity index (χ1n) is 6.39. The van der Waals surface area contributed by atoms with Crippen molar-refractivity contribution in [2.45, 2.75) is 25.0 Å². The molecule has 2 rings (SSSR count). The summed E-state index contributed by atoms with van der Waals surface area (Å²) in [5.41, 5.74) is 1.77. The van der Waals surface area contributed by atoms with Crippen molar-refractivity contribution in [1.82, 2.24) is 14.8 Å². The third-order valence-electron chi connectivity index (χ3n) is 3.02. The van der Waals surface area contributed by atoms with Crippen LogP contribution >= 0.6 is 10.7 Å². The van der Waals surface area contributed by atoms with E-state index in [0.717, 1.165) is 11.3 Å². The Morgan fingerprint density at radius 1 is 1.24 bits per heavy atom. The van der Waals surface area contributed by atoms with Crippen molar-refractivity contribution in [3.8, 4) is 11.4 Å². The molecule has 0 bridgehead atoms. The molecule has 0 amide bonds.